The largest absolute Gasteiger partial charge is 0.478 e. The molecular weight excluding hydrogens is 240 g/mol. The number of hydrogen-bond donors (Lipinski definition) is 2. The molecule has 4 heteroatoms. The van der Waals surface area contributed by atoms with Crippen LogP contribution in [0.2, 0.25) is 0 Å². The van der Waals surface area contributed by atoms with E-state index in [1.54, 1.807) is 0 Å². The van der Waals surface area contributed by atoms with Gasteiger partial charge in [-0.1, -0.05) is 6.58 Å². The lowest BCUT2D eigenvalue weighted by atomic mass is 10.1. The topological polar surface area (TPSA) is 52.6 Å². The van der Waals surface area contributed by atoms with Gasteiger partial charge in [0.15, 0.2) is 0 Å². The molecule has 19 heavy (non-hydrogen) atoms. The maximum Gasteiger partial charge on any atom is 0.332 e. The van der Waals surface area contributed by atoms with E-state index in [1.807, 2.05) is 12.1 Å². The molecule has 1 aromatic rings. The minimum absolute atomic E-state index is 0.167. The summed E-state index contributed by atoms with van der Waals surface area (Å²) in [7, 11) is 0. The van der Waals surface area contributed by atoms with E-state index >= 15 is 0 Å². The summed E-state index contributed by atoms with van der Waals surface area (Å²) >= 11 is 0. The van der Waals surface area contributed by atoms with E-state index in [2.05, 4.69) is 28.9 Å². The first-order chi connectivity index (χ1) is 9.16. The van der Waals surface area contributed by atoms with Gasteiger partial charge in [0, 0.05) is 36.6 Å². The Labute approximate surface area is 113 Å². The molecule has 1 aliphatic rings. The Balaban J connectivity index is 1.90. The molecule has 2 N–H and O–H groups in total. The van der Waals surface area contributed by atoms with Crippen LogP contribution in [-0.4, -0.2) is 30.7 Å². The van der Waals surface area contributed by atoms with Crippen LogP contribution in [0.4, 0.5) is 11.4 Å². The third-order valence-electron chi connectivity index (χ3n) is 3.40. The van der Waals surface area contributed by atoms with E-state index in [1.165, 1.54) is 24.9 Å². The number of rotatable bonds is 5. The summed E-state index contributed by atoms with van der Waals surface area (Å²) in [5.74, 6) is -0.961. The van der Waals surface area contributed by atoms with Crippen molar-refractivity contribution in [3.8, 4) is 0 Å². The summed E-state index contributed by atoms with van der Waals surface area (Å²) in [5.41, 5.74) is 2.32. The predicted octanol–water partition coefficient (Wildman–Crippen LogP) is 2.73. The number of carboxylic acid groups (broad SMARTS) is 1. The predicted molar refractivity (Wildman–Crippen MR) is 77.8 cm³/mol. The number of carboxylic acids is 1. The second-order valence-corrected chi connectivity index (χ2v) is 4.86. The molecule has 0 amide bonds. The molecule has 0 unspecified atom stereocenters. The van der Waals surface area contributed by atoms with Gasteiger partial charge in [-0.15, -0.1) is 0 Å². The van der Waals surface area contributed by atoms with E-state index < -0.39 is 5.97 Å². The van der Waals surface area contributed by atoms with Crippen LogP contribution in [0.3, 0.4) is 0 Å². The third kappa shape index (κ3) is 3.74. The Morgan fingerprint density at radius 1 is 1.21 bits per heavy atom. The van der Waals surface area contributed by atoms with Crippen LogP contribution >= 0.6 is 0 Å². The fourth-order valence-corrected chi connectivity index (χ4v) is 2.23. The quantitative estimate of drug-likeness (QED) is 0.799. The van der Waals surface area contributed by atoms with Crippen molar-refractivity contribution in [2.75, 3.05) is 29.9 Å². The summed E-state index contributed by atoms with van der Waals surface area (Å²) in [5, 5.41) is 11.8. The molecule has 1 fully saturated rings. The standard InChI is InChI=1S/C15H20N2O2/c1-12(15(18)19)11-16-13-5-7-14(8-6-13)17-9-3-2-4-10-17/h5-8,16H,1-4,9-11H2,(H,18,19). The van der Waals surface area contributed by atoms with E-state index in [0.717, 1.165) is 18.8 Å². The Bertz CT molecular complexity index is 448. The Hall–Kier alpha value is -1.97. The summed E-state index contributed by atoms with van der Waals surface area (Å²) in [6.45, 7) is 6.01. The number of benzene rings is 1. The van der Waals surface area contributed by atoms with E-state index in [9.17, 15) is 4.79 Å². The minimum Gasteiger partial charge on any atom is -0.478 e. The van der Waals surface area contributed by atoms with E-state index in [4.69, 9.17) is 5.11 Å². The zero-order valence-corrected chi connectivity index (χ0v) is 11.1. The zero-order valence-electron chi connectivity index (χ0n) is 11.1. The number of aliphatic carboxylic acids is 1. The SMILES string of the molecule is C=C(CNc1ccc(N2CCCCC2)cc1)C(=O)O. The number of hydrogen-bond acceptors (Lipinski definition) is 3. The van der Waals surface area contributed by atoms with Gasteiger partial charge in [0.1, 0.15) is 0 Å². The number of nitrogens with one attached hydrogen (secondary N) is 1. The first kappa shape index (κ1) is 13.5. The summed E-state index contributed by atoms with van der Waals surface area (Å²) < 4.78 is 0. The molecule has 1 saturated heterocycles. The minimum atomic E-state index is -0.961. The maximum absolute atomic E-state index is 10.6. The zero-order chi connectivity index (χ0) is 13.7. The Morgan fingerprint density at radius 2 is 1.84 bits per heavy atom. The lowest BCUT2D eigenvalue weighted by Crippen LogP contribution is -2.29. The molecule has 0 radical (unpaired) electrons. The van der Waals surface area contributed by atoms with Gasteiger partial charge in [0.25, 0.3) is 0 Å². The molecule has 0 atom stereocenters. The van der Waals surface area contributed by atoms with Crippen molar-refractivity contribution in [1.82, 2.24) is 0 Å². The van der Waals surface area contributed by atoms with Crippen LogP contribution < -0.4 is 10.2 Å². The molecular formula is C15H20N2O2. The average Bonchev–Trinajstić information content (AvgIpc) is 2.46. The van der Waals surface area contributed by atoms with Crippen molar-refractivity contribution >= 4 is 17.3 Å². The number of carbonyl (C=O) groups is 1. The summed E-state index contributed by atoms with van der Waals surface area (Å²) in [6.07, 6.45) is 3.85. The first-order valence-corrected chi connectivity index (χ1v) is 6.67. The van der Waals surface area contributed by atoms with Crippen LogP contribution in [0.1, 0.15) is 19.3 Å². The first-order valence-electron chi connectivity index (χ1n) is 6.67. The molecule has 0 saturated carbocycles. The molecule has 1 aliphatic heterocycles. The molecule has 0 bridgehead atoms. The van der Waals surface area contributed by atoms with E-state index in [0.29, 0.717) is 0 Å². The molecule has 4 nitrogen and oxygen atoms in total. The van der Waals surface area contributed by atoms with Gasteiger partial charge >= 0.3 is 5.97 Å². The van der Waals surface area contributed by atoms with Crippen molar-refractivity contribution in [2.24, 2.45) is 0 Å². The monoisotopic (exact) mass is 260 g/mol. The van der Waals surface area contributed by atoms with Crippen LogP contribution in [0, 0.1) is 0 Å². The lowest BCUT2D eigenvalue weighted by molar-refractivity contribution is -0.132. The van der Waals surface area contributed by atoms with Gasteiger partial charge in [-0.2, -0.15) is 0 Å². The van der Waals surface area contributed by atoms with Gasteiger partial charge in [-0.05, 0) is 43.5 Å². The maximum atomic E-state index is 10.6. The summed E-state index contributed by atoms with van der Waals surface area (Å²) in [4.78, 5) is 13.0. The van der Waals surface area contributed by atoms with Crippen molar-refractivity contribution in [1.29, 1.82) is 0 Å². The Morgan fingerprint density at radius 3 is 2.42 bits per heavy atom. The Kier molecular flexibility index (Phi) is 4.44. The van der Waals surface area contributed by atoms with Crippen LogP contribution in [0.15, 0.2) is 36.4 Å². The fraction of sp³-hybridized carbons (Fsp3) is 0.400. The van der Waals surface area contributed by atoms with Crippen LogP contribution in [0.5, 0.6) is 0 Å². The highest BCUT2D eigenvalue weighted by Crippen LogP contribution is 2.21. The molecule has 0 spiro atoms. The highest BCUT2D eigenvalue weighted by Gasteiger charge is 2.10. The molecule has 1 aromatic carbocycles. The van der Waals surface area contributed by atoms with Crippen molar-refractivity contribution < 1.29 is 9.90 Å². The second-order valence-electron chi connectivity index (χ2n) is 4.86. The third-order valence-corrected chi connectivity index (χ3v) is 3.40. The van der Waals surface area contributed by atoms with Crippen molar-refractivity contribution in [3.63, 3.8) is 0 Å². The van der Waals surface area contributed by atoms with Crippen molar-refractivity contribution in [2.45, 2.75) is 19.3 Å². The second kappa shape index (κ2) is 6.27. The molecule has 2 rings (SSSR count). The summed E-state index contributed by atoms with van der Waals surface area (Å²) in [6, 6.07) is 8.13. The number of anilines is 2. The highest BCUT2D eigenvalue weighted by atomic mass is 16.4. The van der Waals surface area contributed by atoms with Crippen LogP contribution in [0.25, 0.3) is 0 Å². The fourth-order valence-electron chi connectivity index (χ4n) is 2.23. The molecule has 102 valence electrons. The van der Waals surface area contributed by atoms with Gasteiger partial charge in [-0.3, -0.25) is 0 Å². The molecule has 0 aromatic heterocycles. The van der Waals surface area contributed by atoms with Gasteiger partial charge in [-0.25, -0.2) is 4.79 Å². The van der Waals surface area contributed by atoms with Crippen LogP contribution in [-0.2, 0) is 4.79 Å². The van der Waals surface area contributed by atoms with Gasteiger partial charge in [0.05, 0.1) is 0 Å². The van der Waals surface area contributed by atoms with Gasteiger partial charge in [0.2, 0.25) is 0 Å². The normalized spacial score (nSPS) is 15.1. The average molecular weight is 260 g/mol. The molecule has 1 heterocycles. The molecule has 0 aliphatic carbocycles. The number of nitrogens with zero attached hydrogens (tertiary/aromatic N) is 1. The van der Waals surface area contributed by atoms with E-state index in [-0.39, 0.29) is 12.1 Å². The number of piperidine rings is 1. The smallest absolute Gasteiger partial charge is 0.332 e. The highest BCUT2D eigenvalue weighted by molar-refractivity contribution is 5.86. The van der Waals surface area contributed by atoms with Gasteiger partial charge < -0.3 is 15.3 Å². The van der Waals surface area contributed by atoms with Crippen molar-refractivity contribution in [3.05, 3.63) is 36.4 Å². The lowest BCUT2D eigenvalue weighted by Gasteiger charge is -2.28.